The van der Waals surface area contributed by atoms with E-state index in [1.54, 1.807) is 6.20 Å². The third-order valence-corrected chi connectivity index (χ3v) is 5.83. The average molecular weight is 496 g/mol. The summed E-state index contributed by atoms with van der Waals surface area (Å²) in [4.78, 5) is 3.05. The second-order valence-corrected chi connectivity index (χ2v) is 8.63. The zero-order chi connectivity index (χ0) is 21.2. The van der Waals surface area contributed by atoms with E-state index in [2.05, 4.69) is 4.98 Å². The number of rotatable bonds is 2. The van der Waals surface area contributed by atoms with Crippen LogP contribution in [0.4, 0.5) is 5.69 Å². The van der Waals surface area contributed by atoms with Crippen molar-refractivity contribution in [2.75, 3.05) is 5.73 Å². The summed E-state index contributed by atoms with van der Waals surface area (Å²) in [5.41, 5.74) is 7.32. The van der Waals surface area contributed by atoms with Crippen molar-refractivity contribution in [3.8, 4) is 0 Å². The first-order chi connectivity index (χ1) is 13.6. The van der Waals surface area contributed by atoms with E-state index in [1.165, 1.54) is 24.3 Å². The number of anilines is 1. The molecule has 4 aromatic rings. The van der Waals surface area contributed by atoms with Crippen LogP contribution in [-0.2, 0) is 39.7 Å². The van der Waals surface area contributed by atoms with Gasteiger partial charge >= 0.3 is 19.5 Å². The molecule has 0 unspecified atom stereocenters. The number of para-hydroxylation sites is 1. The molecule has 0 radical (unpaired) electrons. The van der Waals surface area contributed by atoms with Crippen molar-refractivity contribution < 1.29 is 45.4 Å². The third-order valence-electron chi connectivity index (χ3n) is 4.04. The molecule has 1 aromatic heterocycles. The van der Waals surface area contributed by atoms with Gasteiger partial charge in [-0.05, 0) is 24.3 Å². The number of fused-ring (bicyclic) bond motifs is 2. The SMILES string of the molecule is Nc1cccc2cccnc12.O=S(=O)([O-])c1cccc2c(S(=O)(=O)[O-])cccc12.[Zn+2]. The number of benzene rings is 3. The molecule has 1 heterocycles. The van der Waals surface area contributed by atoms with Gasteiger partial charge in [-0.3, -0.25) is 4.98 Å². The van der Waals surface area contributed by atoms with Crippen LogP contribution in [0.15, 0.2) is 82.7 Å². The Labute approximate surface area is 186 Å². The smallest absolute Gasteiger partial charge is 0.744 e. The van der Waals surface area contributed by atoms with Gasteiger partial charge in [-0.2, -0.15) is 0 Å². The first-order valence-electron chi connectivity index (χ1n) is 8.12. The van der Waals surface area contributed by atoms with Crippen molar-refractivity contribution in [1.29, 1.82) is 0 Å². The summed E-state index contributed by atoms with van der Waals surface area (Å²) < 4.78 is 66.1. The summed E-state index contributed by atoms with van der Waals surface area (Å²) >= 11 is 0. The van der Waals surface area contributed by atoms with Gasteiger partial charge in [0.25, 0.3) is 0 Å². The molecule has 30 heavy (non-hydrogen) atoms. The predicted octanol–water partition coefficient (Wildman–Crippen LogP) is 2.46. The summed E-state index contributed by atoms with van der Waals surface area (Å²) in [5.74, 6) is 0. The van der Waals surface area contributed by atoms with Crippen molar-refractivity contribution in [2.45, 2.75) is 9.79 Å². The molecule has 3 aromatic carbocycles. The molecular formula is C19H14N2O6S2Zn. The first-order valence-corrected chi connectivity index (χ1v) is 10.9. The number of hydrogen-bond acceptors (Lipinski definition) is 8. The quantitative estimate of drug-likeness (QED) is 0.253. The Morgan fingerprint density at radius 1 is 0.700 bits per heavy atom. The molecule has 0 saturated heterocycles. The molecule has 0 saturated carbocycles. The van der Waals surface area contributed by atoms with Crippen LogP contribution in [0.25, 0.3) is 21.7 Å². The minimum Gasteiger partial charge on any atom is -0.744 e. The van der Waals surface area contributed by atoms with Gasteiger partial charge in [-0.25, -0.2) is 16.8 Å². The standard InChI is InChI=1S/C10H8O6S2.C9H8N2.Zn/c11-17(12,13)9-5-1-3-7-8(9)4-2-6-10(7)18(14,15)16;10-8-5-1-3-7-4-2-6-11-9(7)8;/h1-6H,(H,11,12,13)(H,14,15,16);1-6H,10H2;/q;;+2/p-2. The Hall–Kier alpha value is -2.43. The van der Waals surface area contributed by atoms with E-state index >= 15 is 0 Å². The van der Waals surface area contributed by atoms with Gasteiger partial charge in [0.2, 0.25) is 0 Å². The van der Waals surface area contributed by atoms with Crippen LogP contribution in [0.3, 0.4) is 0 Å². The summed E-state index contributed by atoms with van der Waals surface area (Å²) in [7, 11) is -9.48. The molecule has 0 bridgehead atoms. The van der Waals surface area contributed by atoms with Crippen LogP contribution in [0.1, 0.15) is 0 Å². The van der Waals surface area contributed by atoms with Crippen molar-refractivity contribution >= 4 is 47.6 Å². The van der Waals surface area contributed by atoms with Crippen molar-refractivity contribution in [3.63, 3.8) is 0 Å². The molecular weight excluding hydrogens is 482 g/mol. The van der Waals surface area contributed by atoms with E-state index in [-0.39, 0.29) is 30.3 Å². The summed E-state index contributed by atoms with van der Waals surface area (Å²) in [5, 5.41) is 0.932. The minimum atomic E-state index is -4.74. The Bertz CT molecular complexity index is 1350. The monoisotopic (exact) mass is 494 g/mol. The first kappa shape index (κ1) is 23.8. The summed E-state index contributed by atoms with van der Waals surface area (Å²) in [6.45, 7) is 0. The Kier molecular flexibility index (Phi) is 7.28. The fourth-order valence-corrected chi connectivity index (χ4v) is 4.20. The van der Waals surface area contributed by atoms with Crippen LogP contribution < -0.4 is 5.73 Å². The molecule has 0 spiro atoms. The van der Waals surface area contributed by atoms with Gasteiger partial charge < -0.3 is 14.8 Å². The topological polar surface area (TPSA) is 153 Å². The molecule has 0 aliphatic carbocycles. The Morgan fingerprint density at radius 2 is 1.17 bits per heavy atom. The van der Waals surface area contributed by atoms with E-state index in [4.69, 9.17) is 5.73 Å². The van der Waals surface area contributed by atoms with Gasteiger partial charge in [0.05, 0.1) is 21.0 Å². The second kappa shape index (κ2) is 9.15. The van der Waals surface area contributed by atoms with Crippen LogP contribution >= 0.6 is 0 Å². The van der Waals surface area contributed by atoms with E-state index in [0.29, 0.717) is 0 Å². The molecule has 0 aliphatic rings. The number of hydrogen-bond donors (Lipinski definition) is 1. The zero-order valence-electron chi connectivity index (χ0n) is 15.4. The normalized spacial score (nSPS) is 11.4. The number of nitrogen functional groups attached to an aromatic ring is 1. The van der Waals surface area contributed by atoms with E-state index in [0.717, 1.165) is 28.7 Å². The molecule has 150 valence electrons. The molecule has 2 N–H and O–H groups in total. The van der Waals surface area contributed by atoms with Crippen molar-refractivity contribution in [2.24, 2.45) is 0 Å². The van der Waals surface area contributed by atoms with Crippen molar-refractivity contribution in [3.05, 3.63) is 72.9 Å². The Balaban J connectivity index is 0.000000229. The molecule has 0 aliphatic heterocycles. The van der Waals surface area contributed by atoms with Crippen LogP contribution in [0.5, 0.6) is 0 Å². The van der Waals surface area contributed by atoms with Crippen LogP contribution in [0, 0.1) is 0 Å². The van der Waals surface area contributed by atoms with E-state index in [1.807, 2.05) is 30.3 Å². The summed E-state index contributed by atoms with van der Waals surface area (Å²) in [6, 6.07) is 16.8. The van der Waals surface area contributed by atoms with E-state index < -0.39 is 30.0 Å². The maximum absolute atomic E-state index is 11.0. The average Bonchev–Trinajstić information content (AvgIpc) is 2.66. The van der Waals surface area contributed by atoms with Crippen LogP contribution in [0.2, 0.25) is 0 Å². The van der Waals surface area contributed by atoms with Crippen molar-refractivity contribution in [1.82, 2.24) is 4.98 Å². The van der Waals surface area contributed by atoms with E-state index in [9.17, 15) is 25.9 Å². The predicted molar refractivity (Wildman–Crippen MR) is 106 cm³/mol. The summed E-state index contributed by atoms with van der Waals surface area (Å²) in [6.07, 6.45) is 1.75. The number of nitrogens with two attached hydrogens (primary N) is 1. The maximum atomic E-state index is 11.0. The molecule has 0 atom stereocenters. The third kappa shape index (κ3) is 5.19. The molecule has 0 fully saturated rings. The maximum Gasteiger partial charge on any atom is 2.00 e. The van der Waals surface area contributed by atoms with Gasteiger partial charge in [0.1, 0.15) is 20.2 Å². The van der Waals surface area contributed by atoms with Crippen LogP contribution in [-0.4, -0.2) is 30.9 Å². The van der Waals surface area contributed by atoms with Gasteiger partial charge in [0, 0.05) is 22.4 Å². The molecule has 11 heteroatoms. The molecule has 4 rings (SSSR count). The fourth-order valence-electron chi connectivity index (χ4n) is 2.82. The number of pyridine rings is 1. The zero-order valence-corrected chi connectivity index (χ0v) is 20.0. The Morgan fingerprint density at radius 3 is 1.63 bits per heavy atom. The van der Waals surface area contributed by atoms with Gasteiger partial charge in [-0.15, -0.1) is 0 Å². The van der Waals surface area contributed by atoms with Gasteiger partial charge in [-0.1, -0.05) is 42.5 Å². The second-order valence-electron chi connectivity index (χ2n) is 5.94. The van der Waals surface area contributed by atoms with Gasteiger partial charge in [0.15, 0.2) is 0 Å². The number of aromatic nitrogens is 1. The fraction of sp³-hybridized carbons (Fsp3) is 0. The number of nitrogens with zero attached hydrogens (tertiary/aromatic N) is 1. The largest absolute Gasteiger partial charge is 2.00 e. The minimum absolute atomic E-state index is 0. The molecule has 0 amide bonds. The molecule has 8 nitrogen and oxygen atoms in total.